The van der Waals surface area contributed by atoms with Gasteiger partial charge in [0.25, 0.3) is 11.8 Å². The van der Waals surface area contributed by atoms with Gasteiger partial charge in [-0.25, -0.2) is 4.79 Å². The number of fused-ring (bicyclic) bond motifs is 1. The fraction of sp³-hybridized carbons (Fsp3) is 0.250. The van der Waals surface area contributed by atoms with E-state index in [-0.39, 0.29) is 15.1 Å². The molecule has 4 rings (SSSR count). The highest BCUT2D eigenvalue weighted by molar-refractivity contribution is 8.26. The minimum Gasteiger partial charge on any atom is -0.479 e. The second-order valence-corrected chi connectivity index (χ2v) is 9.22. The van der Waals surface area contributed by atoms with Crippen molar-refractivity contribution in [1.29, 1.82) is 0 Å². The zero-order chi connectivity index (χ0) is 22.8. The second kappa shape index (κ2) is 9.26. The minimum atomic E-state index is -1.26. The number of thioether (sulfide) groups is 1. The predicted molar refractivity (Wildman–Crippen MR) is 129 cm³/mol. The van der Waals surface area contributed by atoms with Crippen molar-refractivity contribution in [2.24, 2.45) is 0 Å². The van der Waals surface area contributed by atoms with E-state index in [0.29, 0.717) is 23.2 Å². The fourth-order valence-corrected chi connectivity index (χ4v) is 5.42. The smallest absolute Gasteiger partial charge is 0.331 e. The Labute approximate surface area is 195 Å². The van der Waals surface area contributed by atoms with Crippen molar-refractivity contribution in [3.8, 4) is 0 Å². The van der Waals surface area contributed by atoms with Gasteiger partial charge >= 0.3 is 5.97 Å². The molecule has 2 amide bonds. The quantitative estimate of drug-likeness (QED) is 0.364. The number of para-hydroxylation sites is 1. The average molecular weight is 467 g/mol. The van der Waals surface area contributed by atoms with Crippen LogP contribution < -0.4 is 4.90 Å². The Hall–Kier alpha value is -2.97. The summed E-state index contributed by atoms with van der Waals surface area (Å²) in [6.07, 6.45) is 2.89. The highest BCUT2D eigenvalue weighted by Crippen LogP contribution is 2.46. The Bertz CT molecular complexity index is 1130. The van der Waals surface area contributed by atoms with E-state index in [1.54, 1.807) is 35.2 Å². The van der Waals surface area contributed by atoms with Gasteiger partial charge < -0.3 is 10.0 Å². The summed E-state index contributed by atoms with van der Waals surface area (Å²) in [4.78, 5) is 42.0. The molecule has 1 fully saturated rings. The van der Waals surface area contributed by atoms with Gasteiger partial charge in [0.15, 0.2) is 6.04 Å². The van der Waals surface area contributed by atoms with Crippen molar-refractivity contribution in [2.45, 2.75) is 32.2 Å². The molecule has 0 aromatic heterocycles. The van der Waals surface area contributed by atoms with Crippen molar-refractivity contribution in [1.82, 2.24) is 4.90 Å². The maximum Gasteiger partial charge on any atom is 0.331 e. The minimum absolute atomic E-state index is 0.128. The SMILES string of the molecule is CCCCCN1C(=O)/C(=C2\SC(=S)N(C(C(=O)O)c3ccccc3)C2=O)c2ccccc21. The van der Waals surface area contributed by atoms with Gasteiger partial charge in [-0.15, -0.1) is 0 Å². The number of unbranched alkanes of at least 4 members (excludes halogenated alkanes) is 2. The molecule has 0 bridgehead atoms. The van der Waals surface area contributed by atoms with E-state index >= 15 is 0 Å². The van der Waals surface area contributed by atoms with Gasteiger partial charge in [0, 0.05) is 12.1 Å². The number of nitrogens with zero attached hydrogens (tertiary/aromatic N) is 2. The summed E-state index contributed by atoms with van der Waals surface area (Å²) in [5.74, 6) is -1.97. The van der Waals surface area contributed by atoms with Gasteiger partial charge in [0.2, 0.25) is 0 Å². The van der Waals surface area contributed by atoms with Crippen molar-refractivity contribution in [3.05, 3.63) is 70.6 Å². The van der Waals surface area contributed by atoms with E-state index in [1.807, 2.05) is 24.3 Å². The first-order valence-corrected chi connectivity index (χ1v) is 11.7. The van der Waals surface area contributed by atoms with E-state index < -0.39 is 17.9 Å². The molecule has 6 nitrogen and oxygen atoms in total. The molecular formula is C24H22N2O4S2. The van der Waals surface area contributed by atoms with Crippen LogP contribution in [0.5, 0.6) is 0 Å². The lowest BCUT2D eigenvalue weighted by atomic mass is 10.0. The largest absolute Gasteiger partial charge is 0.479 e. The van der Waals surface area contributed by atoms with E-state index in [4.69, 9.17) is 12.2 Å². The summed E-state index contributed by atoms with van der Waals surface area (Å²) in [6, 6.07) is 14.6. The van der Waals surface area contributed by atoms with Crippen LogP contribution >= 0.6 is 24.0 Å². The van der Waals surface area contributed by atoms with Crippen LogP contribution in [-0.2, 0) is 14.4 Å². The molecule has 164 valence electrons. The molecule has 0 radical (unpaired) electrons. The molecule has 0 aliphatic carbocycles. The third kappa shape index (κ3) is 3.84. The van der Waals surface area contributed by atoms with E-state index in [2.05, 4.69) is 6.92 Å². The number of carboxylic acid groups (broad SMARTS) is 1. The van der Waals surface area contributed by atoms with E-state index in [0.717, 1.165) is 41.6 Å². The molecule has 1 N–H and O–H groups in total. The molecule has 1 unspecified atom stereocenters. The number of carbonyl (C=O) groups is 3. The van der Waals surface area contributed by atoms with E-state index in [1.165, 1.54) is 0 Å². The number of hydrogen-bond acceptors (Lipinski definition) is 5. The van der Waals surface area contributed by atoms with Crippen LogP contribution in [0.2, 0.25) is 0 Å². The van der Waals surface area contributed by atoms with Gasteiger partial charge in [0.05, 0.1) is 16.2 Å². The van der Waals surface area contributed by atoms with Crippen LogP contribution in [0.3, 0.4) is 0 Å². The number of anilines is 1. The van der Waals surface area contributed by atoms with Crippen molar-refractivity contribution in [2.75, 3.05) is 11.4 Å². The molecule has 32 heavy (non-hydrogen) atoms. The lowest BCUT2D eigenvalue weighted by Gasteiger charge is -2.23. The number of carboxylic acids is 1. The average Bonchev–Trinajstić information content (AvgIpc) is 3.22. The van der Waals surface area contributed by atoms with Crippen LogP contribution in [0.15, 0.2) is 59.5 Å². The number of aliphatic carboxylic acids is 1. The third-order valence-corrected chi connectivity index (χ3v) is 6.94. The first-order chi connectivity index (χ1) is 15.5. The number of benzene rings is 2. The Morgan fingerprint density at radius 3 is 2.41 bits per heavy atom. The number of amides is 2. The van der Waals surface area contributed by atoms with Crippen LogP contribution in [0.25, 0.3) is 5.57 Å². The summed E-state index contributed by atoms with van der Waals surface area (Å²) >= 11 is 6.42. The lowest BCUT2D eigenvalue weighted by molar-refractivity contribution is -0.145. The predicted octanol–water partition coefficient (Wildman–Crippen LogP) is 4.62. The molecule has 0 saturated carbocycles. The first kappa shape index (κ1) is 22.2. The van der Waals surface area contributed by atoms with Crippen molar-refractivity contribution in [3.63, 3.8) is 0 Å². The molecule has 0 spiro atoms. The standard InChI is InChI=1S/C24H22N2O4S2/c1-2-3-9-14-25-17-13-8-7-12-16(17)18(21(25)27)20-22(28)26(24(31)32-20)19(23(29)30)15-10-5-4-6-11-15/h4-8,10-13,19H,2-3,9,14H2,1H3,(H,29,30)/b20-18-. The number of thiocarbonyl (C=S) groups is 1. The zero-order valence-electron chi connectivity index (χ0n) is 17.5. The Kier molecular flexibility index (Phi) is 6.43. The van der Waals surface area contributed by atoms with Crippen LogP contribution in [0.1, 0.15) is 43.4 Å². The Morgan fingerprint density at radius 2 is 1.72 bits per heavy atom. The summed E-state index contributed by atoms with van der Waals surface area (Å²) < 4.78 is 0.128. The maximum absolute atomic E-state index is 13.5. The monoisotopic (exact) mass is 466 g/mol. The topological polar surface area (TPSA) is 77.9 Å². The van der Waals surface area contributed by atoms with Gasteiger partial charge in [-0.05, 0) is 18.1 Å². The summed E-state index contributed by atoms with van der Waals surface area (Å²) in [7, 11) is 0. The molecular weight excluding hydrogens is 444 g/mol. The normalized spacial score (nSPS) is 19.0. The number of carbonyl (C=O) groups excluding carboxylic acids is 2. The fourth-order valence-electron chi connectivity index (χ4n) is 4.03. The summed E-state index contributed by atoms with van der Waals surface area (Å²) in [6.45, 7) is 2.66. The van der Waals surface area contributed by atoms with Gasteiger partial charge in [-0.3, -0.25) is 14.5 Å². The van der Waals surface area contributed by atoms with Gasteiger partial charge in [-0.2, -0.15) is 0 Å². The highest BCUT2D eigenvalue weighted by Gasteiger charge is 2.46. The summed E-state index contributed by atoms with van der Waals surface area (Å²) in [5.41, 5.74) is 2.20. The van der Waals surface area contributed by atoms with Crippen LogP contribution in [0, 0.1) is 0 Å². The van der Waals surface area contributed by atoms with Crippen molar-refractivity contribution >= 4 is 57.3 Å². The molecule has 1 saturated heterocycles. The summed E-state index contributed by atoms with van der Waals surface area (Å²) in [5, 5.41) is 9.89. The second-order valence-electron chi connectivity index (χ2n) is 7.58. The first-order valence-electron chi connectivity index (χ1n) is 10.4. The Balaban J connectivity index is 1.76. The lowest BCUT2D eigenvalue weighted by Crippen LogP contribution is -2.37. The zero-order valence-corrected chi connectivity index (χ0v) is 19.1. The van der Waals surface area contributed by atoms with E-state index in [9.17, 15) is 19.5 Å². The number of rotatable bonds is 7. The van der Waals surface area contributed by atoms with Crippen molar-refractivity contribution < 1.29 is 19.5 Å². The van der Waals surface area contributed by atoms with Gasteiger partial charge in [-0.1, -0.05) is 92.3 Å². The molecule has 2 aromatic rings. The molecule has 2 aliphatic heterocycles. The molecule has 1 atom stereocenters. The molecule has 2 aromatic carbocycles. The third-order valence-electron chi connectivity index (χ3n) is 5.54. The highest BCUT2D eigenvalue weighted by atomic mass is 32.2. The molecule has 8 heteroatoms. The van der Waals surface area contributed by atoms with Crippen LogP contribution in [-0.4, -0.2) is 38.7 Å². The van der Waals surface area contributed by atoms with Gasteiger partial charge in [0.1, 0.15) is 4.32 Å². The van der Waals surface area contributed by atoms with Crippen LogP contribution in [0.4, 0.5) is 5.69 Å². The molecule has 2 aliphatic rings. The Morgan fingerprint density at radius 1 is 1.03 bits per heavy atom. The molecule has 2 heterocycles. The maximum atomic E-state index is 13.5. The number of hydrogen-bond donors (Lipinski definition) is 1.